The van der Waals surface area contributed by atoms with Crippen molar-refractivity contribution in [3.63, 3.8) is 0 Å². The van der Waals surface area contributed by atoms with Crippen molar-refractivity contribution < 1.29 is 14.3 Å². The van der Waals surface area contributed by atoms with Gasteiger partial charge in [0.25, 0.3) is 11.8 Å². The van der Waals surface area contributed by atoms with Crippen molar-refractivity contribution in [1.29, 1.82) is 0 Å². The van der Waals surface area contributed by atoms with Gasteiger partial charge < -0.3 is 4.74 Å². The maximum atomic E-state index is 12.6. The Morgan fingerprint density at radius 2 is 2.00 bits per heavy atom. The van der Waals surface area contributed by atoms with Crippen molar-refractivity contribution in [2.45, 2.75) is 0 Å². The lowest BCUT2D eigenvalue weighted by molar-refractivity contribution is -0.120. The number of carbonyl (C=O) groups excluding carboxylic acids is 2. The number of amides is 2. The normalized spacial score (nSPS) is 15.9. The Hall–Kier alpha value is -2.51. The summed E-state index contributed by atoms with van der Waals surface area (Å²) in [5.74, 6) is -0.341. The highest BCUT2D eigenvalue weighted by Crippen LogP contribution is 2.34. The number of thioether (sulfide) groups is 1. The number of thiocarbonyl (C=S) groups is 1. The third kappa shape index (κ3) is 3.08. The summed E-state index contributed by atoms with van der Waals surface area (Å²) < 4.78 is 5.46. The van der Waals surface area contributed by atoms with Gasteiger partial charge in [-0.3, -0.25) is 14.6 Å². The number of ether oxygens (including phenoxy) is 1. The zero-order valence-electron chi connectivity index (χ0n) is 12.6. The fourth-order valence-electron chi connectivity index (χ4n) is 2.17. The SMILES string of the molecule is COc1ccccc1C=C1SC(=S)N(C(=O)c2ccccn2)C1=O. The van der Waals surface area contributed by atoms with E-state index >= 15 is 0 Å². The van der Waals surface area contributed by atoms with Crippen LogP contribution >= 0.6 is 24.0 Å². The number of hydrogen-bond donors (Lipinski definition) is 0. The molecule has 0 bridgehead atoms. The van der Waals surface area contributed by atoms with Crippen LogP contribution in [-0.4, -0.2) is 33.1 Å². The summed E-state index contributed by atoms with van der Waals surface area (Å²) in [6.07, 6.45) is 3.17. The van der Waals surface area contributed by atoms with E-state index in [1.807, 2.05) is 18.2 Å². The number of rotatable bonds is 3. The number of imide groups is 1. The summed E-state index contributed by atoms with van der Waals surface area (Å²) in [4.78, 5) is 30.4. The van der Waals surface area contributed by atoms with Crippen LogP contribution in [0.3, 0.4) is 0 Å². The van der Waals surface area contributed by atoms with Gasteiger partial charge in [-0.15, -0.1) is 0 Å². The summed E-state index contributed by atoms with van der Waals surface area (Å²) in [5, 5.41) is 0. The molecular weight excluding hydrogens is 344 g/mol. The van der Waals surface area contributed by atoms with Gasteiger partial charge in [0.1, 0.15) is 11.4 Å². The molecule has 0 spiro atoms. The van der Waals surface area contributed by atoms with E-state index in [1.165, 1.54) is 6.20 Å². The van der Waals surface area contributed by atoms with E-state index in [0.717, 1.165) is 22.2 Å². The molecule has 0 saturated carbocycles. The van der Waals surface area contributed by atoms with Crippen LogP contribution in [0.2, 0.25) is 0 Å². The number of methoxy groups -OCH3 is 1. The van der Waals surface area contributed by atoms with E-state index in [0.29, 0.717) is 10.7 Å². The molecule has 120 valence electrons. The maximum Gasteiger partial charge on any atom is 0.285 e. The quantitative estimate of drug-likeness (QED) is 0.478. The van der Waals surface area contributed by atoms with Crippen LogP contribution in [0.5, 0.6) is 5.75 Å². The van der Waals surface area contributed by atoms with Crippen LogP contribution in [-0.2, 0) is 4.79 Å². The summed E-state index contributed by atoms with van der Waals surface area (Å²) in [5.41, 5.74) is 0.915. The third-order valence-electron chi connectivity index (χ3n) is 3.31. The first kappa shape index (κ1) is 16.4. The van der Waals surface area contributed by atoms with Gasteiger partial charge in [-0.1, -0.05) is 48.2 Å². The summed E-state index contributed by atoms with van der Waals surface area (Å²) in [6, 6.07) is 12.2. The second-order valence-corrected chi connectivity index (χ2v) is 6.45. The molecular formula is C17H12N2O3S2. The first-order chi connectivity index (χ1) is 11.6. The Morgan fingerprint density at radius 1 is 1.25 bits per heavy atom. The van der Waals surface area contributed by atoms with Gasteiger partial charge in [-0.05, 0) is 24.3 Å². The predicted octanol–water partition coefficient (Wildman–Crippen LogP) is 3.13. The highest BCUT2D eigenvalue weighted by molar-refractivity contribution is 8.26. The molecule has 24 heavy (non-hydrogen) atoms. The van der Waals surface area contributed by atoms with E-state index in [2.05, 4.69) is 4.98 Å². The first-order valence-corrected chi connectivity index (χ1v) is 8.20. The van der Waals surface area contributed by atoms with E-state index in [1.54, 1.807) is 37.5 Å². The lowest BCUT2D eigenvalue weighted by Crippen LogP contribution is -2.35. The minimum absolute atomic E-state index is 0.173. The molecule has 2 amide bonds. The van der Waals surface area contributed by atoms with Crippen LogP contribution in [0.1, 0.15) is 16.1 Å². The van der Waals surface area contributed by atoms with E-state index in [4.69, 9.17) is 17.0 Å². The topological polar surface area (TPSA) is 59.5 Å². The van der Waals surface area contributed by atoms with Crippen LogP contribution < -0.4 is 4.74 Å². The lowest BCUT2D eigenvalue weighted by Gasteiger charge is -2.11. The van der Waals surface area contributed by atoms with E-state index in [-0.39, 0.29) is 10.0 Å². The van der Waals surface area contributed by atoms with Gasteiger partial charge in [-0.25, -0.2) is 4.90 Å². The number of pyridine rings is 1. The highest BCUT2D eigenvalue weighted by atomic mass is 32.2. The van der Waals surface area contributed by atoms with Crippen molar-refractivity contribution in [2.75, 3.05) is 7.11 Å². The molecule has 3 rings (SSSR count). The number of carbonyl (C=O) groups is 2. The zero-order valence-corrected chi connectivity index (χ0v) is 14.3. The van der Waals surface area contributed by atoms with E-state index < -0.39 is 11.8 Å². The van der Waals surface area contributed by atoms with Gasteiger partial charge in [0.05, 0.1) is 12.0 Å². The van der Waals surface area contributed by atoms with Crippen molar-refractivity contribution in [2.24, 2.45) is 0 Å². The standard InChI is InChI=1S/C17H12N2O3S2/c1-22-13-8-3-2-6-11(13)10-14-16(21)19(17(23)24-14)15(20)12-7-4-5-9-18-12/h2-10H,1H3. The monoisotopic (exact) mass is 356 g/mol. The minimum Gasteiger partial charge on any atom is -0.496 e. The van der Waals surface area contributed by atoms with Gasteiger partial charge in [0.2, 0.25) is 0 Å². The second-order valence-electron chi connectivity index (χ2n) is 4.78. The molecule has 5 nitrogen and oxygen atoms in total. The summed E-state index contributed by atoms with van der Waals surface area (Å²) in [6.45, 7) is 0. The fourth-order valence-corrected chi connectivity index (χ4v) is 3.42. The number of aromatic nitrogens is 1. The molecule has 1 aromatic heterocycles. The minimum atomic E-state index is -0.526. The predicted molar refractivity (Wildman–Crippen MR) is 96.6 cm³/mol. The molecule has 1 aromatic carbocycles. The second kappa shape index (κ2) is 6.94. The number of hydrogen-bond acceptors (Lipinski definition) is 6. The average molecular weight is 356 g/mol. The smallest absolute Gasteiger partial charge is 0.285 e. The van der Waals surface area contributed by atoms with Gasteiger partial charge in [0, 0.05) is 11.8 Å². The molecule has 2 heterocycles. The molecule has 1 fully saturated rings. The Morgan fingerprint density at radius 3 is 2.71 bits per heavy atom. The molecule has 7 heteroatoms. The zero-order chi connectivity index (χ0) is 17.1. The summed E-state index contributed by atoms with van der Waals surface area (Å²) >= 11 is 6.28. The van der Waals surface area contributed by atoms with Crippen molar-refractivity contribution in [3.05, 3.63) is 64.8 Å². The first-order valence-electron chi connectivity index (χ1n) is 6.98. The highest BCUT2D eigenvalue weighted by Gasteiger charge is 2.37. The summed E-state index contributed by atoms with van der Waals surface area (Å²) in [7, 11) is 1.56. The van der Waals surface area contributed by atoms with Crippen molar-refractivity contribution >= 4 is 46.2 Å². The maximum absolute atomic E-state index is 12.6. The lowest BCUT2D eigenvalue weighted by atomic mass is 10.2. The average Bonchev–Trinajstić information content (AvgIpc) is 2.89. The Bertz CT molecular complexity index is 850. The third-order valence-corrected chi connectivity index (χ3v) is 4.61. The van der Waals surface area contributed by atoms with Crippen molar-refractivity contribution in [1.82, 2.24) is 9.88 Å². The molecule has 0 aliphatic carbocycles. The van der Waals surface area contributed by atoms with E-state index in [9.17, 15) is 9.59 Å². The van der Waals surface area contributed by atoms with Gasteiger partial charge in [-0.2, -0.15) is 0 Å². The molecule has 0 unspecified atom stereocenters. The largest absolute Gasteiger partial charge is 0.496 e. The molecule has 1 saturated heterocycles. The Labute approximate surface area is 148 Å². The van der Waals surface area contributed by atoms with Crippen LogP contribution in [0.25, 0.3) is 6.08 Å². The molecule has 2 aromatic rings. The van der Waals surface area contributed by atoms with Gasteiger partial charge in [0.15, 0.2) is 4.32 Å². The van der Waals surface area contributed by atoms with Crippen LogP contribution in [0.4, 0.5) is 0 Å². The molecule has 1 aliphatic rings. The number of nitrogens with zero attached hydrogens (tertiary/aromatic N) is 2. The molecule has 0 N–H and O–H groups in total. The molecule has 0 radical (unpaired) electrons. The van der Waals surface area contributed by atoms with Gasteiger partial charge >= 0.3 is 0 Å². The molecule has 1 aliphatic heterocycles. The number of para-hydroxylation sites is 1. The number of benzene rings is 1. The van der Waals surface area contributed by atoms with Crippen LogP contribution in [0.15, 0.2) is 53.6 Å². The van der Waals surface area contributed by atoms with Crippen LogP contribution in [0, 0.1) is 0 Å². The fraction of sp³-hybridized carbons (Fsp3) is 0.0588. The molecule has 0 atom stereocenters. The Kier molecular flexibility index (Phi) is 4.73. The Balaban J connectivity index is 1.92. The van der Waals surface area contributed by atoms with Crippen molar-refractivity contribution in [3.8, 4) is 5.75 Å².